The molecule has 2 aliphatic carbocycles. The minimum absolute atomic E-state index is 0.0916. The van der Waals surface area contributed by atoms with Crippen LogP contribution in [0.3, 0.4) is 0 Å². The van der Waals surface area contributed by atoms with Gasteiger partial charge in [-0.25, -0.2) is 0 Å². The molecule has 110 valence electrons. The lowest BCUT2D eigenvalue weighted by molar-refractivity contribution is -0.142. The molecule has 2 saturated carbocycles. The number of carbonyl (C=O) groups is 1. The molecule has 0 aromatic heterocycles. The molecule has 0 saturated heterocycles. The number of carboxylic acid groups (broad SMARTS) is 1. The Morgan fingerprint density at radius 1 is 1.00 bits per heavy atom. The summed E-state index contributed by atoms with van der Waals surface area (Å²) in [5.74, 6) is -0.694. The third-order valence-corrected chi connectivity index (χ3v) is 5.12. The molecule has 2 fully saturated rings. The van der Waals surface area contributed by atoms with E-state index in [9.17, 15) is 4.79 Å². The van der Waals surface area contributed by atoms with Crippen molar-refractivity contribution in [3.05, 3.63) is 0 Å². The van der Waals surface area contributed by atoms with Crippen molar-refractivity contribution in [2.75, 3.05) is 0 Å². The van der Waals surface area contributed by atoms with Gasteiger partial charge in [-0.15, -0.1) is 0 Å². The second kappa shape index (κ2) is 6.25. The number of hydrogen-bond donors (Lipinski definition) is 2. The minimum Gasteiger partial charge on any atom is -0.481 e. The molecule has 1 unspecified atom stereocenters. The Labute approximate surface area is 117 Å². The highest BCUT2D eigenvalue weighted by molar-refractivity contribution is 5.70. The summed E-state index contributed by atoms with van der Waals surface area (Å²) in [6.07, 6.45) is 10.3. The van der Waals surface area contributed by atoms with Crippen molar-refractivity contribution in [3.8, 4) is 0 Å². The Balaban J connectivity index is 1.75. The van der Waals surface area contributed by atoms with E-state index < -0.39 is 5.97 Å². The highest BCUT2D eigenvalue weighted by Gasteiger charge is 2.29. The summed E-state index contributed by atoms with van der Waals surface area (Å²) in [5, 5.41) is 12.8. The van der Waals surface area contributed by atoms with Gasteiger partial charge in [-0.1, -0.05) is 20.3 Å². The summed E-state index contributed by atoms with van der Waals surface area (Å²) in [5.41, 5.74) is 0.511. The first-order chi connectivity index (χ1) is 8.96. The lowest BCUT2D eigenvalue weighted by Gasteiger charge is -2.30. The number of aliphatic carboxylic acids is 1. The zero-order valence-corrected chi connectivity index (χ0v) is 12.5. The van der Waals surface area contributed by atoms with Crippen molar-refractivity contribution < 1.29 is 9.90 Å². The molecule has 0 radical (unpaired) electrons. The summed E-state index contributed by atoms with van der Waals surface area (Å²) >= 11 is 0. The molecule has 0 aromatic carbocycles. The molecule has 2 rings (SSSR count). The lowest BCUT2D eigenvalue weighted by atomic mass is 9.84. The fourth-order valence-corrected chi connectivity index (χ4v) is 3.67. The van der Waals surface area contributed by atoms with Crippen LogP contribution in [0.15, 0.2) is 0 Å². The molecule has 2 aliphatic rings. The first kappa shape index (κ1) is 14.8. The maximum atomic E-state index is 10.9. The fraction of sp³-hybridized carbons (Fsp3) is 0.938. The van der Waals surface area contributed by atoms with Gasteiger partial charge in [-0.3, -0.25) is 4.79 Å². The van der Waals surface area contributed by atoms with Crippen LogP contribution in [0.2, 0.25) is 0 Å². The molecule has 0 amide bonds. The summed E-state index contributed by atoms with van der Waals surface area (Å²) in [7, 11) is 0. The molecule has 0 aromatic rings. The molecule has 0 spiro atoms. The maximum Gasteiger partial charge on any atom is 0.306 e. The summed E-state index contributed by atoms with van der Waals surface area (Å²) in [6.45, 7) is 4.76. The van der Waals surface area contributed by atoms with Gasteiger partial charge in [-0.2, -0.15) is 0 Å². The molecule has 0 aliphatic heterocycles. The van der Waals surface area contributed by atoms with Crippen molar-refractivity contribution in [1.29, 1.82) is 0 Å². The van der Waals surface area contributed by atoms with Crippen LogP contribution in [0.5, 0.6) is 0 Å². The summed E-state index contributed by atoms with van der Waals surface area (Å²) in [6, 6.07) is 1.22. The third-order valence-electron chi connectivity index (χ3n) is 5.12. The zero-order valence-electron chi connectivity index (χ0n) is 12.5. The largest absolute Gasteiger partial charge is 0.481 e. The Morgan fingerprint density at radius 2 is 1.63 bits per heavy atom. The van der Waals surface area contributed by atoms with Gasteiger partial charge in [0.1, 0.15) is 0 Å². The Bertz CT molecular complexity index is 306. The Hall–Kier alpha value is -0.570. The van der Waals surface area contributed by atoms with Gasteiger partial charge in [0.15, 0.2) is 0 Å². The van der Waals surface area contributed by atoms with E-state index in [0.717, 1.165) is 25.7 Å². The van der Waals surface area contributed by atoms with Crippen LogP contribution in [0, 0.1) is 11.3 Å². The SMILES string of the molecule is CC1(C)CCCC(NC2CCC(C(=O)O)CC2)CC1. The highest BCUT2D eigenvalue weighted by atomic mass is 16.4. The van der Waals surface area contributed by atoms with E-state index in [4.69, 9.17) is 5.11 Å². The van der Waals surface area contributed by atoms with E-state index >= 15 is 0 Å². The number of carboxylic acids is 1. The van der Waals surface area contributed by atoms with Crippen LogP contribution >= 0.6 is 0 Å². The third kappa shape index (κ3) is 4.48. The normalized spacial score (nSPS) is 35.6. The van der Waals surface area contributed by atoms with Crippen LogP contribution < -0.4 is 5.32 Å². The molecule has 3 heteroatoms. The molecule has 0 heterocycles. The van der Waals surface area contributed by atoms with Gasteiger partial charge < -0.3 is 10.4 Å². The van der Waals surface area contributed by atoms with Crippen LogP contribution in [0.25, 0.3) is 0 Å². The highest BCUT2D eigenvalue weighted by Crippen LogP contribution is 2.34. The molecular formula is C16H29NO2. The number of nitrogens with one attached hydrogen (secondary N) is 1. The van der Waals surface area contributed by atoms with E-state index in [0.29, 0.717) is 17.5 Å². The summed E-state index contributed by atoms with van der Waals surface area (Å²) in [4.78, 5) is 10.9. The maximum absolute atomic E-state index is 10.9. The molecular weight excluding hydrogens is 238 g/mol. The predicted octanol–water partition coefficient (Wildman–Crippen LogP) is 3.58. The molecule has 19 heavy (non-hydrogen) atoms. The lowest BCUT2D eigenvalue weighted by Crippen LogP contribution is -2.41. The Kier molecular flexibility index (Phi) is 4.88. The standard InChI is InChI=1S/C16H29NO2/c1-16(2)10-3-4-13(9-11-16)17-14-7-5-12(6-8-14)15(18)19/h12-14,17H,3-11H2,1-2H3,(H,18,19). The van der Waals surface area contributed by atoms with E-state index in [-0.39, 0.29) is 5.92 Å². The van der Waals surface area contributed by atoms with Crippen molar-refractivity contribution in [3.63, 3.8) is 0 Å². The van der Waals surface area contributed by atoms with Gasteiger partial charge in [0.25, 0.3) is 0 Å². The Morgan fingerprint density at radius 3 is 2.26 bits per heavy atom. The monoisotopic (exact) mass is 267 g/mol. The quantitative estimate of drug-likeness (QED) is 0.768. The van der Waals surface area contributed by atoms with E-state index in [2.05, 4.69) is 19.2 Å². The zero-order chi connectivity index (χ0) is 13.9. The van der Waals surface area contributed by atoms with Gasteiger partial charge in [0, 0.05) is 12.1 Å². The van der Waals surface area contributed by atoms with Crippen LogP contribution in [0.1, 0.15) is 71.6 Å². The molecule has 0 bridgehead atoms. The van der Waals surface area contributed by atoms with Gasteiger partial charge >= 0.3 is 5.97 Å². The second-order valence-electron chi connectivity index (χ2n) is 7.35. The first-order valence-electron chi connectivity index (χ1n) is 7.95. The number of hydrogen-bond acceptors (Lipinski definition) is 2. The van der Waals surface area contributed by atoms with Crippen molar-refractivity contribution >= 4 is 5.97 Å². The van der Waals surface area contributed by atoms with Gasteiger partial charge in [-0.05, 0) is 56.8 Å². The summed E-state index contributed by atoms with van der Waals surface area (Å²) < 4.78 is 0. The van der Waals surface area contributed by atoms with E-state index in [1.807, 2.05) is 0 Å². The topological polar surface area (TPSA) is 49.3 Å². The molecule has 2 N–H and O–H groups in total. The van der Waals surface area contributed by atoms with Crippen molar-refractivity contribution in [2.24, 2.45) is 11.3 Å². The van der Waals surface area contributed by atoms with E-state index in [1.54, 1.807) is 0 Å². The van der Waals surface area contributed by atoms with Crippen LogP contribution in [-0.2, 0) is 4.79 Å². The smallest absolute Gasteiger partial charge is 0.306 e. The average molecular weight is 267 g/mol. The van der Waals surface area contributed by atoms with Gasteiger partial charge in [0.05, 0.1) is 5.92 Å². The minimum atomic E-state index is -0.602. The fourth-order valence-electron chi connectivity index (χ4n) is 3.67. The van der Waals surface area contributed by atoms with Crippen molar-refractivity contribution in [1.82, 2.24) is 5.32 Å². The molecule has 3 nitrogen and oxygen atoms in total. The first-order valence-corrected chi connectivity index (χ1v) is 7.95. The van der Waals surface area contributed by atoms with Crippen LogP contribution in [-0.4, -0.2) is 23.2 Å². The number of rotatable bonds is 3. The van der Waals surface area contributed by atoms with Crippen LogP contribution in [0.4, 0.5) is 0 Å². The van der Waals surface area contributed by atoms with Crippen molar-refractivity contribution in [2.45, 2.75) is 83.7 Å². The predicted molar refractivity (Wildman–Crippen MR) is 77.2 cm³/mol. The van der Waals surface area contributed by atoms with Gasteiger partial charge in [0.2, 0.25) is 0 Å². The van der Waals surface area contributed by atoms with E-state index in [1.165, 1.54) is 32.1 Å². The average Bonchev–Trinajstić information content (AvgIpc) is 2.52. The second-order valence-corrected chi connectivity index (χ2v) is 7.35. The molecule has 1 atom stereocenters.